The summed E-state index contributed by atoms with van der Waals surface area (Å²) < 4.78 is 37.1. The normalized spacial score (nSPS) is 15.7. The molecule has 1 heterocycles. The summed E-state index contributed by atoms with van der Waals surface area (Å²) in [4.78, 5) is 14.5. The first-order valence-corrected chi connectivity index (χ1v) is 10.5. The Hall–Kier alpha value is -1.68. The summed E-state index contributed by atoms with van der Waals surface area (Å²) in [5.74, 6) is -0.0620. The number of benzene rings is 1. The van der Waals surface area contributed by atoms with Gasteiger partial charge >= 0.3 is 0 Å². The Balaban J connectivity index is 1.85. The number of methoxy groups -OCH3 is 1. The second-order valence-corrected chi connectivity index (χ2v) is 8.59. The zero-order valence-corrected chi connectivity index (χ0v) is 17.0. The van der Waals surface area contributed by atoms with Crippen molar-refractivity contribution in [3.63, 3.8) is 0 Å². The number of hydrogen-bond donors (Lipinski definition) is 1. The molecule has 0 saturated carbocycles. The van der Waals surface area contributed by atoms with Crippen molar-refractivity contribution in [3.8, 4) is 5.75 Å². The van der Waals surface area contributed by atoms with Crippen LogP contribution in [0.5, 0.6) is 5.75 Å². The SMILES string of the molecule is COc1ccc(C)cc1S(=O)(=O)N(C)CC(=O)NCCCN1CCOCC1. The van der Waals surface area contributed by atoms with E-state index in [1.165, 1.54) is 14.2 Å². The molecule has 2 rings (SSSR count). The molecule has 0 bridgehead atoms. The Bertz CT molecular complexity index is 733. The minimum atomic E-state index is -3.82. The second kappa shape index (κ2) is 10.0. The number of ether oxygens (including phenoxy) is 2. The maximum Gasteiger partial charge on any atom is 0.246 e. The third kappa shape index (κ3) is 6.17. The fraction of sp³-hybridized carbons (Fsp3) is 0.611. The van der Waals surface area contributed by atoms with Gasteiger partial charge in [0.2, 0.25) is 15.9 Å². The Morgan fingerprint density at radius 2 is 2.04 bits per heavy atom. The van der Waals surface area contributed by atoms with Gasteiger partial charge in [-0.1, -0.05) is 6.07 Å². The van der Waals surface area contributed by atoms with Gasteiger partial charge in [0.1, 0.15) is 10.6 Å². The van der Waals surface area contributed by atoms with Crippen molar-refractivity contribution < 1.29 is 22.7 Å². The number of carbonyl (C=O) groups is 1. The van der Waals surface area contributed by atoms with E-state index < -0.39 is 10.0 Å². The number of morpholine rings is 1. The van der Waals surface area contributed by atoms with Gasteiger partial charge in [0.05, 0.1) is 26.9 Å². The molecule has 1 aliphatic heterocycles. The predicted molar refractivity (Wildman–Crippen MR) is 102 cm³/mol. The van der Waals surface area contributed by atoms with Crippen LogP contribution >= 0.6 is 0 Å². The Morgan fingerprint density at radius 3 is 2.70 bits per heavy atom. The molecule has 1 N–H and O–H groups in total. The average Bonchev–Trinajstić information content (AvgIpc) is 2.66. The summed E-state index contributed by atoms with van der Waals surface area (Å²) in [5.41, 5.74) is 0.801. The van der Waals surface area contributed by atoms with Crippen LogP contribution in [-0.2, 0) is 19.6 Å². The largest absolute Gasteiger partial charge is 0.495 e. The fourth-order valence-corrected chi connectivity index (χ4v) is 4.22. The van der Waals surface area contributed by atoms with Crippen molar-refractivity contribution in [1.82, 2.24) is 14.5 Å². The molecule has 9 heteroatoms. The Morgan fingerprint density at radius 1 is 1.33 bits per heavy atom. The minimum absolute atomic E-state index is 0.0626. The zero-order valence-electron chi connectivity index (χ0n) is 16.2. The lowest BCUT2D eigenvalue weighted by Gasteiger charge is -2.26. The van der Waals surface area contributed by atoms with Gasteiger partial charge in [-0.25, -0.2) is 8.42 Å². The topological polar surface area (TPSA) is 88.2 Å². The number of likely N-dealkylation sites (N-methyl/N-ethyl adjacent to an activating group) is 1. The predicted octanol–water partition coefficient (Wildman–Crippen LogP) is 0.463. The lowest BCUT2D eigenvalue weighted by Crippen LogP contribution is -2.40. The molecular formula is C18H29N3O5S. The molecule has 0 radical (unpaired) electrons. The van der Waals surface area contributed by atoms with Crippen LogP contribution in [0.15, 0.2) is 23.1 Å². The van der Waals surface area contributed by atoms with Crippen molar-refractivity contribution >= 4 is 15.9 Å². The second-order valence-electron chi connectivity index (χ2n) is 6.57. The molecule has 1 saturated heterocycles. The van der Waals surface area contributed by atoms with Gasteiger partial charge in [-0.15, -0.1) is 0 Å². The average molecular weight is 400 g/mol. The highest BCUT2D eigenvalue weighted by Crippen LogP contribution is 2.26. The van der Waals surface area contributed by atoms with Crippen LogP contribution in [0.2, 0.25) is 0 Å². The third-order valence-electron chi connectivity index (χ3n) is 4.45. The number of hydrogen-bond acceptors (Lipinski definition) is 6. The molecule has 152 valence electrons. The molecule has 27 heavy (non-hydrogen) atoms. The number of nitrogens with one attached hydrogen (secondary N) is 1. The van der Waals surface area contributed by atoms with Gasteiger partial charge in [0.15, 0.2) is 0 Å². The number of carbonyl (C=O) groups excluding carboxylic acids is 1. The van der Waals surface area contributed by atoms with E-state index in [1.54, 1.807) is 25.1 Å². The molecule has 1 aromatic carbocycles. The van der Waals surface area contributed by atoms with E-state index in [0.29, 0.717) is 6.54 Å². The van der Waals surface area contributed by atoms with Crippen molar-refractivity contribution in [3.05, 3.63) is 23.8 Å². The number of aryl methyl sites for hydroxylation is 1. The quantitative estimate of drug-likeness (QED) is 0.607. The van der Waals surface area contributed by atoms with Crippen molar-refractivity contribution in [1.29, 1.82) is 0 Å². The lowest BCUT2D eigenvalue weighted by molar-refractivity contribution is -0.121. The number of amides is 1. The highest BCUT2D eigenvalue weighted by molar-refractivity contribution is 7.89. The third-order valence-corrected chi connectivity index (χ3v) is 6.28. The maximum atomic E-state index is 12.8. The first-order chi connectivity index (χ1) is 12.8. The maximum absolute atomic E-state index is 12.8. The van der Waals surface area contributed by atoms with E-state index >= 15 is 0 Å². The molecule has 1 aliphatic rings. The van der Waals surface area contributed by atoms with E-state index in [4.69, 9.17) is 9.47 Å². The van der Waals surface area contributed by atoms with Crippen LogP contribution in [0, 0.1) is 6.92 Å². The monoisotopic (exact) mass is 399 g/mol. The summed E-state index contributed by atoms with van der Waals surface area (Å²) in [6.45, 7) is 6.28. The van der Waals surface area contributed by atoms with E-state index in [1.807, 2.05) is 0 Å². The summed E-state index contributed by atoms with van der Waals surface area (Å²) >= 11 is 0. The van der Waals surface area contributed by atoms with Crippen molar-refractivity contribution in [2.24, 2.45) is 0 Å². The van der Waals surface area contributed by atoms with Gasteiger partial charge < -0.3 is 14.8 Å². The molecule has 0 aliphatic carbocycles. The molecule has 0 spiro atoms. The molecule has 1 fully saturated rings. The standard InChI is InChI=1S/C18H29N3O5S/c1-15-5-6-16(25-3)17(13-15)27(23,24)20(2)14-18(22)19-7-4-8-21-9-11-26-12-10-21/h5-6,13H,4,7-12,14H2,1-3H3,(H,19,22). The molecule has 1 aromatic rings. The summed E-state index contributed by atoms with van der Waals surface area (Å²) in [5, 5.41) is 2.78. The molecule has 0 unspecified atom stereocenters. The number of sulfonamides is 1. The molecule has 0 atom stereocenters. The summed E-state index contributed by atoms with van der Waals surface area (Å²) in [6, 6.07) is 4.94. The lowest BCUT2D eigenvalue weighted by atomic mass is 10.2. The summed E-state index contributed by atoms with van der Waals surface area (Å²) in [6.07, 6.45) is 0.813. The van der Waals surface area contributed by atoms with E-state index in [-0.39, 0.29) is 23.1 Å². The van der Waals surface area contributed by atoms with Crippen molar-refractivity contribution in [2.45, 2.75) is 18.2 Å². The smallest absolute Gasteiger partial charge is 0.246 e. The van der Waals surface area contributed by atoms with Gasteiger partial charge in [-0.05, 0) is 37.6 Å². The summed E-state index contributed by atoms with van der Waals surface area (Å²) in [7, 11) is -1.01. The molecule has 1 amide bonds. The Kier molecular flexibility index (Phi) is 8.03. The fourth-order valence-electron chi connectivity index (χ4n) is 2.85. The zero-order chi connectivity index (χ0) is 19.9. The first-order valence-electron chi connectivity index (χ1n) is 9.02. The van der Waals surface area contributed by atoms with Crippen LogP contribution in [0.4, 0.5) is 0 Å². The van der Waals surface area contributed by atoms with Crippen LogP contribution in [-0.4, -0.2) is 83.6 Å². The van der Waals surface area contributed by atoms with E-state index in [2.05, 4.69) is 10.2 Å². The number of nitrogens with zero attached hydrogens (tertiary/aromatic N) is 2. The van der Waals surface area contributed by atoms with E-state index in [9.17, 15) is 13.2 Å². The van der Waals surface area contributed by atoms with Crippen LogP contribution in [0.1, 0.15) is 12.0 Å². The molecule has 8 nitrogen and oxygen atoms in total. The highest BCUT2D eigenvalue weighted by Gasteiger charge is 2.26. The van der Waals surface area contributed by atoms with Gasteiger partial charge in [0.25, 0.3) is 0 Å². The Labute approximate surface area is 161 Å². The van der Waals surface area contributed by atoms with Crippen molar-refractivity contribution in [2.75, 3.05) is 60.1 Å². The van der Waals surface area contributed by atoms with Crippen LogP contribution in [0.3, 0.4) is 0 Å². The van der Waals surface area contributed by atoms with Crippen LogP contribution < -0.4 is 10.1 Å². The van der Waals surface area contributed by atoms with Crippen LogP contribution in [0.25, 0.3) is 0 Å². The molecule has 0 aromatic heterocycles. The van der Waals surface area contributed by atoms with Gasteiger partial charge in [-0.3, -0.25) is 9.69 Å². The first kappa shape index (κ1) is 21.6. The van der Waals surface area contributed by atoms with Gasteiger partial charge in [-0.2, -0.15) is 4.31 Å². The highest BCUT2D eigenvalue weighted by atomic mass is 32.2. The molecular weight excluding hydrogens is 370 g/mol. The van der Waals surface area contributed by atoms with E-state index in [0.717, 1.165) is 49.1 Å². The number of rotatable bonds is 9. The van der Waals surface area contributed by atoms with Gasteiger partial charge in [0, 0.05) is 26.7 Å². The minimum Gasteiger partial charge on any atom is -0.495 e.